The Kier molecular flexibility index (Phi) is 5.13. The summed E-state index contributed by atoms with van der Waals surface area (Å²) in [4.78, 5) is 12.8. The van der Waals surface area contributed by atoms with Crippen LogP contribution in [0, 0.1) is 13.8 Å². The first-order valence-electron chi connectivity index (χ1n) is 8.90. The van der Waals surface area contributed by atoms with E-state index in [1.54, 1.807) is 11.6 Å². The van der Waals surface area contributed by atoms with Crippen LogP contribution in [0.5, 0.6) is 11.5 Å². The Hall–Kier alpha value is -3.46. The molecule has 2 aromatic heterocycles. The zero-order chi connectivity index (χ0) is 20.4. The lowest BCUT2D eigenvalue weighted by Crippen LogP contribution is -2.20. The van der Waals surface area contributed by atoms with E-state index in [2.05, 4.69) is 20.6 Å². The van der Waals surface area contributed by atoms with Crippen LogP contribution in [0.15, 0.2) is 42.5 Å². The predicted octanol–water partition coefficient (Wildman–Crippen LogP) is 3.50. The molecule has 0 saturated heterocycles. The van der Waals surface area contributed by atoms with Crippen molar-refractivity contribution in [2.45, 2.75) is 13.8 Å². The number of nitrogens with one attached hydrogen (secondary N) is 1. The number of amides is 1. The lowest BCUT2D eigenvalue weighted by atomic mass is 10.1. The number of fused-ring (bicyclic) bond motifs is 1. The highest BCUT2D eigenvalue weighted by atomic mass is 32.1. The maximum atomic E-state index is 12.2. The molecule has 0 bridgehead atoms. The van der Waals surface area contributed by atoms with Crippen LogP contribution in [0.2, 0.25) is 0 Å². The van der Waals surface area contributed by atoms with Crippen molar-refractivity contribution >= 4 is 27.3 Å². The van der Waals surface area contributed by atoms with E-state index >= 15 is 0 Å². The van der Waals surface area contributed by atoms with Gasteiger partial charge in [-0.25, -0.2) is 0 Å². The van der Waals surface area contributed by atoms with Gasteiger partial charge < -0.3 is 9.47 Å². The molecule has 2 aromatic carbocycles. The molecular formula is C20H19N5O3S. The van der Waals surface area contributed by atoms with E-state index < -0.39 is 0 Å². The van der Waals surface area contributed by atoms with Crippen LogP contribution in [-0.2, 0) is 4.79 Å². The van der Waals surface area contributed by atoms with Crippen LogP contribution in [0.4, 0.5) is 5.13 Å². The van der Waals surface area contributed by atoms with Gasteiger partial charge in [-0.15, -0.1) is 15.3 Å². The number of rotatable bonds is 6. The molecule has 0 aliphatic carbocycles. The third-order valence-electron chi connectivity index (χ3n) is 4.43. The summed E-state index contributed by atoms with van der Waals surface area (Å²) in [5.41, 5.74) is 3.14. The van der Waals surface area contributed by atoms with Gasteiger partial charge in [0.2, 0.25) is 10.1 Å². The van der Waals surface area contributed by atoms with Crippen LogP contribution >= 0.6 is 11.3 Å². The average molecular weight is 409 g/mol. The number of anilines is 1. The second-order valence-corrected chi connectivity index (χ2v) is 7.39. The molecule has 1 N–H and O–H groups in total. The third kappa shape index (κ3) is 4.04. The van der Waals surface area contributed by atoms with Crippen molar-refractivity contribution in [3.05, 3.63) is 53.6 Å². The highest BCUT2D eigenvalue weighted by molar-refractivity contribution is 7.20. The van der Waals surface area contributed by atoms with Gasteiger partial charge in [-0.05, 0) is 61.4 Å². The summed E-state index contributed by atoms with van der Waals surface area (Å²) in [5.74, 6) is 1.71. The van der Waals surface area contributed by atoms with Crippen molar-refractivity contribution in [2.75, 3.05) is 19.0 Å². The number of benzene rings is 2. The van der Waals surface area contributed by atoms with Crippen molar-refractivity contribution in [1.82, 2.24) is 19.8 Å². The van der Waals surface area contributed by atoms with Gasteiger partial charge in [0.15, 0.2) is 12.4 Å². The van der Waals surface area contributed by atoms with Crippen LogP contribution < -0.4 is 14.8 Å². The molecule has 0 saturated carbocycles. The number of carbonyl (C=O) groups excluding carboxylic acids is 1. The number of carbonyl (C=O) groups is 1. The monoisotopic (exact) mass is 409 g/mol. The largest absolute Gasteiger partial charge is 0.497 e. The molecule has 0 atom stereocenters. The summed E-state index contributed by atoms with van der Waals surface area (Å²) in [5, 5.41) is 15.9. The van der Waals surface area contributed by atoms with Gasteiger partial charge in [-0.1, -0.05) is 17.4 Å². The lowest BCUT2D eigenvalue weighted by Gasteiger charge is -2.07. The smallest absolute Gasteiger partial charge is 0.264 e. The standard InChI is InChI=1S/C20H19N5O3S/c1-12-4-7-16(10-13(12)2)28-11-17(26)21-19-24-25-18(22-23-20(25)29-19)14-5-8-15(27-3)9-6-14/h4-10H,11H2,1-3H3,(H,21,24,26). The molecule has 4 aromatic rings. The van der Waals surface area contributed by atoms with Gasteiger partial charge >= 0.3 is 0 Å². The summed E-state index contributed by atoms with van der Waals surface area (Å²) in [6, 6.07) is 13.2. The Morgan fingerprint density at radius 2 is 1.83 bits per heavy atom. The number of hydrogen-bond acceptors (Lipinski definition) is 7. The van der Waals surface area contributed by atoms with Gasteiger partial charge in [-0.2, -0.15) is 4.52 Å². The van der Waals surface area contributed by atoms with Gasteiger partial charge in [-0.3, -0.25) is 10.1 Å². The molecule has 0 spiro atoms. The second-order valence-electron chi connectivity index (χ2n) is 6.44. The fraction of sp³-hybridized carbons (Fsp3) is 0.200. The van der Waals surface area contributed by atoms with E-state index in [4.69, 9.17) is 9.47 Å². The molecule has 4 rings (SSSR count). The summed E-state index contributed by atoms with van der Waals surface area (Å²) >= 11 is 1.24. The van der Waals surface area contributed by atoms with Crippen LogP contribution in [0.25, 0.3) is 16.3 Å². The van der Waals surface area contributed by atoms with E-state index in [0.717, 1.165) is 16.9 Å². The normalized spacial score (nSPS) is 10.9. The molecular weight excluding hydrogens is 390 g/mol. The zero-order valence-electron chi connectivity index (χ0n) is 16.2. The Balaban J connectivity index is 1.44. The minimum absolute atomic E-state index is 0.103. The first kappa shape index (κ1) is 18.9. The SMILES string of the molecule is COc1ccc(-c2nnc3sc(NC(=O)COc4ccc(C)c(C)c4)nn23)cc1. The number of hydrogen-bond donors (Lipinski definition) is 1. The van der Waals surface area contributed by atoms with Gasteiger partial charge in [0.25, 0.3) is 5.91 Å². The van der Waals surface area contributed by atoms with Crippen molar-refractivity contribution in [3.63, 3.8) is 0 Å². The number of nitrogens with zero attached hydrogens (tertiary/aromatic N) is 4. The first-order chi connectivity index (χ1) is 14.0. The van der Waals surface area contributed by atoms with Crippen molar-refractivity contribution in [1.29, 1.82) is 0 Å². The Labute approximate surface area is 171 Å². The third-order valence-corrected chi connectivity index (χ3v) is 5.25. The van der Waals surface area contributed by atoms with Crippen molar-refractivity contribution in [2.24, 2.45) is 0 Å². The van der Waals surface area contributed by atoms with Crippen molar-refractivity contribution < 1.29 is 14.3 Å². The molecule has 0 unspecified atom stereocenters. The second kappa shape index (κ2) is 7.88. The number of aromatic nitrogens is 4. The first-order valence-corrected chi connectivity index (χ1v) is 9.72. The Morgan fingerprint density at radius 3 is 2.55 bits per heavy atom. The van der Waals surface area contributed by atoms with Gasteiger partial charge in [0.1, 0.15) is 11.5 Å². The molecule has 0 aliphatic rings. The summed E-state index contributed by atoms with van der Waals surface area (Å²) in [6.07, 6.45) is 0. The topological polar surface area (TPSA) is 90.6 Å². The minimum atomic E-state index is -0.292. The number of aryl methyl sites for hydroxylation is 2. The average Bonchev–Trinajstić information content (AvgIpc) is 3.29. The summed E-state index contributed by atoms with van der Waals surface area (Å²) in [7, 11) is 1.61. The van der Waals surface area contributed by atoms with E-state index in [1.807, 2.05) is 56.3 Å². The molecule has 1 amide bonds. The Bertz CT molecular complexity index is 1170. The highest BCUT2D eigenvalue weighted by Crippen LogP contribution is 2.25. The van der Waals surface area contributed by atoms with E-state index in [-0.39, 0.29) is 12.5 Å². The maximum absolute atomic E-state index is 12.2. The summed E-state index contributed by atoms with van der Waals surface area (Å²) in [6.45, 7) is 3.93. The fourth-order valence-corrected chi connectivity index (χ4v) is 3.45. The molecule has 8 nitrogen and oxygen atoms in total. The fourth-order valence-electron chi connectivity index (χ4n) is 2.70. The van der Waals surface area contributed by atoms with Crippen LogP contribution in [-0.4, -0.2) is 39.4 Å². The molecule has 0 fully saturated rings. The highest BCUT2D eigenvalue weighted by Gasteiger charge is 2.15. The molecule has 9 heteroatoms. The van der Waals surface area contributed by atoms with Gasteiger partial charge in [0.05, 0.1) is 7.11 Å². The van der Waals surface area contributed by atoms with E-state index in [9.17, 15) is 4.79 Å². The molecule has 0 aliphatic heterocycles. The maximum Gasteiger partial charge on any atom is 0.264 e. The van der Waals surface area contributed by atoms with Crippen LogP contribution in [0.1, 0.15) is 11.1 Å². The number of methoxy groups -OCH3 is 1. The minimum Gasteiger partial charge on any atom is -0.497 e. The molecule has 2 heterocycles. The predicted molar refractivity (Wildman–Crippen MR) is 111 cm³/mol. The molecule has 0 radical (unpaired) electrons. The van der Waals surface area contributed by atoms with Crippen LogP contribution in [0.3, 0.4) is 0 Å². The van der Waals surface area contributed by atoms with E-state index in [0.29, 0.717) is 21.7 Å². The van der Waals surface area contributed by atoms with Crippen molar-refractivity contribution in [3.8, 4) is 22.9 Å². The summed E-state index contributed by atoms with van der Waals surface area (Å²) < 4.78 is 12.3. The Morgan fingerprint density at radius 1 is 1.07 bits per heavy atom. The molecule has 148 valence electrons. The van der Waals surface area contributed by atoms with Gasteiger partial charge in [0, 0.05) is 5.56 Å². The molecule has 29 heavy (non-hydrogen) atoms. The number of ether oxygens (including phenoxy) is 2. The lowest BCUT2D eigenvalue weighted by molar-refractivity contribution is -0.118. The van der Waals surface area contributed by atoms with E-state index in [1.165, 1.54) is 16.9 Å². The zero-order valence-corrected chi connectivity index (χ0v) is 17.0. The quantitative estimate of drug-likeness (QED) is 0.524.